The zero-order chi connectivity index (χ0) is 44.9. The standard InChI is InChI=1S/C19H31N3O3S.C11H16N2O.C9H14.2C3H8.C2H6/c1-4-11-22(3)19(25)15(5-2)9-7-6-8-10-18(24)21-13-16(20)12-17(26)14-23;1-12-9-11(14)13-8-10-6-4-2-3-5-7-10;1-5-9(4)7-6-8(2)3;2*1-3-2;1-2/h5,7-10,14,16-17,26H,4,6,11-13,20H2,1-3H3,(H,21,24);2-6,12H,7-9H2,1H3,(H,13,14);5-7H,2H2,1,3-4H3;2*3H2,1-2H3;1-2H3/b9-7?,10-8+,15-5+;;7-6-,9-5-;;;. The van der Waals surface area contributed by atoms with E-state index in [2.05, 4.69) is 88.0 Å². The van der Waals surface area contributed by atoms with Gasteiger partial charge in [0.15, 0.2) is 0 Å². The van der Waals surface area contributed by atoms with Gasteiger partial charge < -0.3 is 31.4 Å². The number of aldehydes is 1. The van der Waals surface area contributed by atoms with Gasteiger partial charge in [-0.2, -0.15) is 12.6 Å². The number of amides is 3. The van der Waals surface area contributed by atoms with Crippen molar-refractivity contribution in [1.82, 2.24) is 20.9 Å². The number of rotatable bonds is 18. The van der Waals surface area contributed by atoms with Crippen LogP contribution in [0.2, 0.25) is 0 Å². The van der Waals surface area contributed by atoms with Crippen LogP contribution in [0.1, 0.15) is 115 Å². The van der Waals surface area contributed by atoms with Crippen molar-refractivity contribution < 1.29 is 19.2 Å². The summed E-state index contributed by atoms with van der Waals surface area (Å²) >= 11 is 4.04. The first-order chi connectivity index (χ1) is 27.2. The monoisotopic (exact) mass is 814 g/mol. The first kappa shape index (κ1) is 62.2. The van der Waals surface area contributed by atoms with Gasteiger partial charge in [-0.1, -0.05) is 152 Å². The number of hydrogen-bond acceptors (Lipinski definition) is 7. The van der Waals surface area contributed by atoms with E-state index in [1.165, 1.54) is 30.1 Å². The molecule has 0 fully saturated rings. The molecule has 326 valence electrons. The normalized spacial score (nSPS) is 12.9. The Bertz CT molecular complexity index is 1290. The van der Waals surface area contributed by atoms with Crippen LogP contribution in [-0.4, -0.2) is 80.5 Å². The van der Waals surface area contributed by atoms with Crippen molar-refractivity contribution in [3.05, 3.63) is 108 Å². The maximum absolute atomic E-state index is 12.2. The molecule has 0 bridgehead atoms. The van der Waals surface area contributed by atoms with Crippen LogP contribution < -0.4 is 21.7 Å². The number of nitrogens with one attached hydrogen (secondary N) is 3. The summed E-state index contributed by atoms with van der Waals surface area (Å²) in [6, 6.07) is -0.316. The topological polar surface area (TPSA) is 134 Å². The van der Waals surface area contributed by atoms with E-state index in [0.717, 1.165) is 24.7 Å². The number of hydrogen-bond donors (Lipinski definition) is 5. The minimum atomic E-state index is -0.414. The Morgan fingerprint density at radius 3 is 2.04 bits per heavy atom. The fraction of sp³-hybridized carbons (Fsp3) is 0.532. The molecule has 1 aliphatic rings. The third-order valence-corrected chi connectivity index (χ3v) is 6.88. The Labute approximate surface area is 355 Å². The third-order valence-electron chi connectivity index (χ3n) is 6.55. The van der Waals surface area contributed by atoms with E-state index < -0.39 is 5.25 Å². The molecule has 3 amide bonds. The van der Waals surface area contributed by atoms with Crippen molar-refractivity contribution in [2.45, 2.75) is 126 Å². The molecular formula is C47H83N5O4S. The first-order valence-corrected chi connectivity index (χ1v) is 21.0. The molecule has 0 saturated carbocycles. The number of nitrogens with zero attached hydrogens (tertiary/aromatic N) is 1. The molecule has 0 spiro atoms. The Morgan fingerprint density at radius 1 is 0.930 bits per heavy atom. The first-order valence-electron chi connectivity index (χ1n) is 20.5. The molecule has 57 heavy (non-hydrogen) atoms. The molecule has 1 rings (SSSR count). The van der Waals surface area contributed by atoms with Crippen molar-refractivity contribution in [3.8, 4) is 0 Å². The van der Waals surface area contributed by atoms with Crippen molar-refractivity contribution in [2.75, 3.05) is 40.3 Å². The molecule has 5 N–H and O–H groups in total. The van der Waals surface area contributed by atoms with Crippen LogP contribution in [0, 0.1) is 0 Å². The highest BCUT2D eigenvalue weighted by Gasteiger charge is 2.11. The molecule has 0 aliphatic heterocycles. The van der Waals surface area contributed by atoms with Crippen LogP contribution in [-0.2, 0) is 19.2 Å². The van der Waals surface area contributed by atoms with Gasteiger partial charge >= 0.3 is 0 Å². The SMILES string of the molecule is C/C=C(\C=CC/C=C/C(=O)NCC(N)CC(S)C=O)C(=O)N(C)CCC.C=C(C)/C=C\C(C)=C/C.CC.CCC.CCC.CNCC(=O)NCC1=CC=CC=CC1. The van der Waals surface area contributed by atoms with Crippen molar-refractivity contribution >= 4 is 36.6 Å². The van der Waals surface area contributed by atoms with Gasteiger partial charge in [-0.25, -0.2) is 0 Å². The van der Waals surface area contributed by atoms with Crippen LogP contribution in [0.15, 0.2) is 108 Å². The summed E-state index contributed by atoms with van der Waals surface area (Å²) in [5.74, 6) is -0.231. The molecule has 2 atom stereocenters. The molecule has 0 aromatic rings. The van der Waals surface area contributed by atoms with Gasteiger partial charge in [-0.3, -0.25) is 14.4 Å². The van der Waals surface area contributed by atoms with Crippen molar-refractivity contribution in [2.24, 2.45) is 5.73 Å². The van der Waals surface area contributed by atoms with E-state index in [1.807, 2.05) is 78.0 Å². The Kier molecular flexibility index (Phi) is 52.6. The molecule has 9 nitrogen and oxygen atoms in total. The lowest BCUT2D eigenvalue weighted by Gasteiger charge is -2.16. The number of nitrogens with two attached hydrogens (primary N) is 1. The maximum atomic E-state index is 12.2. The maximum Gasteiger partial charge on any atom is 0.253 e. The average Bonchev–Trinajstić information content (AvgIpc) is 3.47. The molecule has 2 unspecified atom stereocenters. The van der Waals surface area contributed by atoms with E-state index in [-0.39, 0.29) is 30.3 Å². The summed E-state index contributed by atoms with van der Waals surface area (Å²) in [7, 11) is 3.54. The van der Waals surface area contributed by atoms with E-state index in [9.17, 15) is 19.2 Å². The number of likely N-dealkylation sites (N-methyl/N-ethyl adjacent to an activating group) is 2. The van der Waals surface area contributed by atoms with Crippen LogP contribution in [0.3, 0.4) is 0 Å². The smallest absolute Gasteiger partial charge is 0.253 e. The largest absolute Gasteiger partial charge is 0.351 e. The lowest BCUT2D eigenvalue weighted by molar-refractivity contribution is -0.125. The van der Waals surface area contributed by atoms with Crippen LogP contribution in [0.25, 0.3) is 0 Å². The van der Waals surface area contributed by atoms with Gasteiger partial charge in [0.25, 0.3) is 5.91 Å². The fourth-order valence-electron chi connectivity index (χ4n) is 3.69. The fourth-order valence-corrected chi connectivity index (χ4v) is 3.97. The van der Waals surface area contributed by atoms with Gasteiger partial charge in [0.2, 0.25) is 11.8 Å². The third kappa shape index (κ3) is 48.1. The second-order valence-corrected chi connectivity index (χ2v) is 13.4. The summed E-state index contributed by atoms with van der Waals surface area (Å²) in [5.41, 5.74) is 10.0. The number of carbonyl (C=O) groups excluding carboxylic acids is 4. The van der Waals surface area contributed by atoms with Crippen molar-refractivity contribution in [3.63, 3.8) is 0 Å². The summed E-state index contributed by atoms with van der Waals surface area (Å²) in [6.45, 7) is 28.2. The van der Waals surface area contributed by atoms with E-state index in [0.29, 0.717) is 38.0 Å². The van der Waals surface area contributed by atoms with E-state index >= 15 is 0 Å². The molecule has 0 radical (unpaired) electrons. The molecule has 0 aromatic heterocycles. The molecule has 0 heterocycles. The summed E-state index contributed by atoms with van der Waals surface area (Å²) in [4.78, 5) is 47.2. The van der Waals surface area contributed by atoms with Crippen LogP contribution in [0.5, 0.6) is 0 Å². The zero-order valence-electron chi connectivity index (χ0n) is 38.1. The minimum Gasteiger partial charge on any atom is -0.351 e. The number of carbonyl (C=O) groups is 4. The number of thiol groups is 1. The predicted molar refractivity (Wildman–Crippen MR) is 254 cm³/mol. The predicted octanol–water partition coefficient (Wildman–Crippen LogP) is 9.34. The summed E-state index contributed by atoms with van der Waals surface area (Å²) in [5, 5.41) is 7.91. The lowest BCUT2D eigenvalue weighted by Crippen LogP contribution is -2.38. The quantitative estimate of drug-likeness (QED) is 0.0406. The second kappa shape index (κ2) is 48.2. The molecular weight excluding hydrogens is 731 g/mol. The van der Waals surface area contributed by atoms with Crippen molar-refractivity contribution in [1.29, 1.82) is 0 Å². The Hall–Kier alpha value is -3.99. The molecule has 0 aromatic carbocycles. The van der Waals surface area contributed by atoms with Crippen LogP contribution in [0.4, 0.5) is 0 Å². The highest BCUT2D eigenvalue weighted by atomic mass is 32.1. The highest BCUT2D eigenvalue weighted by molar-refractivity contribution is 7.81. The molecule has 10 heteroatoms. The van der Waals surface area contributed by atoms with E-state index in [1.54, 1.807) is 37.2 Å². The average molecular weight is 814 g/mol. The Balaban J connectivity index is -0.000000241. The van der Waals surface area contributed by atoms with Crippen LogP contribution >= 0.6 is 12.6 Å². The highest BCUT2D eigenvalue weighted by Crippen LogP contribution is 2.06. The molecule has 1 aliphatic carbocycles. The van der Waals surface area contributed by atoms with Gasteiger partial charge in [-0.15, -0.1) is 0 Å². The van der Waals surface area contributed by atoms with E-state index in [4.69, 9.17) is 5.73 Å². The summed E-state index contributed by atoms with van der Waals surface area (Å²) in [6.07, 6.45) is 30.7. The van der Waals surface area contributed by atoms with Gasteiger partial charge in [-0.05, 0) is 72.1 Å². The summed E-state index contributed by atoms with van der Waals surface area (Å²) < 4.78 is 0. The number of allylic oxidation sites excluding steroid dienone is 13. The van der Waals surface area contributed by atoms with Gasteiger partial charge in [0.1, 0.15) is 6.29 Å². The second-order valence-electron chi connectivity index (χ2n) is 12.7. The van der Waals surface area contributed by atoms with Gasteiger partial charge in [0.05, 0.1) is 11.8 Å². The van der Waals surface area contributed by atoms with Gasteiger partial charge in [0, 0.05) is 38.3 Å². The molecule has 0 saturated heterocycles. The minimum absolute atomic E-state index is 0.0147. The zero-order valence-corrected chi connectivity index (χ0v) is 39.0. The Morgan fingerprint density at radius 2 is 1.53 bits per heavy atom. The lowest BCUT2D eigenvalue weighted by atomic mass is 10.1.